The van der Waals surface area contributed by atoms with E-state index in [0.29, 0.717) is 0 Å². The molecule has 0 atom stereocenters. The van der Waals surface area contributed by atoms with E-state index in [0.717, 1.165) is 20.5 Å². The van der Waals surface area contributed by atoms with E-state index < -0.39 is 0 Å². The molecule has 0 bridgehead atoms. The Bertz CT molecular complexity index is 302. The maximum atomic E-state index is 4.18. The molecule has 0 aromatic rings. The highest BCUT2D eigenvalue weighted by atomic mass is 79.9. The number of halogens is 2. The fourth-order valence-corrected chi connectivity index (χ4v) is 1.61. The summed E-state index contributed by atoms with van der Waals surface area (Å²) in [7, 11) is 0. The van der Waals surface area contributed by atoms with Crippen LogP contribution in [0.15, 0.2) is 31.3 Å². The van der Waals surface area contributed by atoms with Gasteiger partial charge in [0.2, 0.25) is 0 Å². The van der Waals surface area contributed by atoms with Gasteiger partial charge in [-0.1, -0.05) is 0 Å². The SMILES string of the molecule is BrC1=C(Br)C2=NC=CC2=N1. The minimum Gasteiger partial charge on any atom is -0.253 e. The minimum absolute atomic E-state index is 0.825. The summed E-state index contributed by atoms with van der Waals surface area (Å²) in [6.45, 7) is 0. The fourth-order valence-electron chi connectivity index (χ4n) is 0.839. The van der Waals surface area contributed by atoms with Crippen LogP contribution in [0.4, 0.5) is 0 Å². The lowest BCUT2D eigenvalue weighted by atomic mass is 10.3. The molecule has 4 heteroatoms. The zero-order valence-corrected chi connectivity index (χ0v) is 7.98. The molecule has 50 valence electrons. The molecule has 0 unspecified atom stereocenters. The van der Waals surface area contributed by atoms with Crippen molar-refractivity contribution in [2.75, 3.05) is 0 Å². The molecule has 0 aromatic heterocycles. The molecular weight excluding hydrogens is 260 g/mol. The van der Waals surface area contributed by atoms with Gasteiger partial charge in [-0.2, -0.15) is 0 Å². The third kappa shape index (κ3) is 0.754. The van der Waals surface area contributed by atoms with Crippen LogP contribution in [-0.4, -0.2) is 11.4 Å². The van der Waals surface area contributed by atoms with E-state index in [1.165, 1.54) is 0 Å². The van der Waals surface area contributed by atoms with E-state index >= 15 is 0 Å². The van der Waals surface area contributed by atoms with Gasteiger partial charge in [-0.25, -0.2) is 4.99 Å². The highest BCUT2D eigenvalue weighted by Crippen LogP contribution is 2.29. The van der Waals surface area contributed by atoms with Crippen molar-refractivity contribution in [3.63, 3.8) is 0 Å². The van der Waals surface area contributed by atoms with Gasteiger partial charge in [0.1, 0.15) is 10.3 Å². The predicted octanol–water partition coefficient (Wildman–Crippen LogP) is 2.37. The molecule has 0 amide bonds. The molecule has 2 heterocycles. The van der Waals surface area contributed by atoms with Gasteiger partial charge < -0.3 is 0 Å². The molecule has 2 nitrogen and oxygen atoms in total. The van der Waals surface area contributed by atoms with Gasteiger partial charge in [-0.15, -0.1) is 0 Å². The molecule has 0 radical (unpaired) electrons. The van der Waals surface area contributed by atoms with Gasteiger partial charge in [0.05, 0.1) is 10.2 Å². The molecule has 0 saturated carbocycles. The van der Waals surface area contributed by atoms with Crippen LogP contribution in [-0.2, 0) is 0 Å². The summed E-state index contributed by atoms with van der Waals surface area (Å²) >= 11 is 6.65. The first-order chi connectivity index (χ1) is 4.79. The van der Waals surface area contributed by atoms with Gasteiger partial charge in [-0.05, 0) is 37.9 Å². The number of rotatable bonds is 0. The van der Waals surface area contributed by atoms with Crippen LogP contribution in [0.3, 0.4) is 0 Å². The van der Waals surface area contributed by atoms with E-state index in [2.05, 4.69) is 41.8 Å². The number of hydrogen-bond acceptors (Lipinski definition) is 2. The topological polar surface area (TPSA) is 24.7 Å². The average molecular weight is 262 g/mol. The van der Waals surface area contributed by atoms with E-state index in [9.17, 15) is 0 Å². The number of allylic oxidation sites excluding steroid dienone is 2. The molecule has 0 fully saturated rings. The van der Waals surface area contributed by atoms with Crippen molar-refractivity contribution >= 4 is 43.3 Å². The van der Waals surface area contributed by atoms with E-state index in [4.69, 9.17) is 0 Å². The summed E-state index contributed by atoms with van der Waals surface area (Å²) in [5.74, 6) is 0. The second-order valence-electron chi connectivity index (χ2n) is 1.90. The van der Waals surface area contributed by atoms with Gasteiger partial charge in [0, 0.05) is 6.20 Å². The van der Waals surface area contributed by atoms with E-state index in [1.54, 1.807) is 6.20 Å². The Kier molecular flexibility index (Phi) is 1.38. The van der Waals surface area contributed by atoms with Crippen LogP contribution in [0.5, 0.6) is 0 Å². The van der Waals surface area contributed by atoms with Crippen molar-refractivity contribution in [2.45, 2.75) is 0 Å². The largest absolute Gasteiger partial charge is 0.253 e. The summed E-state index contributed by atoms with van der Waals surface area (Å²) in [4.78, 5) is 8.28. The van der Waals surface area contributed by atoms with E-state index in [1.807, 2.05) is 6.08 Å². The molecule has 0 aliphatic carbocycles. The molecular formula is C6H2Br2N2. The monoisotopic (exact) mass is 260 g/mol. The zero-order chi connectivity index (χ0) is 7.14. The van der Waals surface area contributed by atoms with Crippen LogP contribution < -0.4 is 0 Å². The van der Waals surface area contributed by atoms with E-state index in [-0.39, 0.29) is 0 Å². The Balaban J connectivity index is 2.56. The molecule has 0 saturated heterocycles. The Morgan fingerprint density at radius 2 is 2.10 bits per heavy atom. The highest BCUT2D eigenvalue weighted by molar-refractivity contribution is 9.14. The number of hydrogen-bond donors (Lipinski definition) is 0. The maximum Gasteiger partial charge on any atom is 0.123 e. The van der Waals surface area contributed by atoms with Crippen LogP contribution in [0.1, 0.15) is 0 Å². The lowest BCUT2D eigenvalue weighted by molar-refractivity contribution is 1.57. The van der Waals surface area contributed by atoms with Gasteiger partial charge in [0.25, 0.3) is 0 Å². The summed E-state index contributed by atoms with van der Waals surface area (Å²) in [6.07, 6.45) is 3.62. The van der Waals surface area contributed by atoms with Crippen LogP contribution in [0, 0.1) is 0 Å². The fraction of sp³-hybridized carbons (Fsp3) is 0. The van der Waals surface area contributed by atoms with Crippen molar-refractivity contribution in [2.24, 2.45) is 9.98 Å². The molecule has 2 aliphatic heterocycles. The third-order valence-corrected chi connectivity index (χ3v) is 3.14. The van der Waals surface area contributed by atoms with Crippen molar-refractivity contribution < 1.29 is 0 Å². The second-order valence-corrected chi connectivity index (χ2v) is 3.44. The molecule has 10 heavy (non-hydrogen) atoms. The molecule has 2 aliphatic rings. The average Bonchev–Trinajstić information content (AvgIpc) is 2.41. The first-order valence-corrected chi connectivity index (χ1v) is 4.26. The lowest BCUT2D eigenvalue weighted by Crippen LogP contribution is -2.01. The zero-order valence-electron chi connectivity index (χ0n) is 4.81. The summed E-state index contributed by atoms with van der Waals surface area (Å²) in [6, 6.07) is 0. The Labute approximate surface area is 74.7 Å². The lowest BCUT2D eigenvalue weighted by Gasteiger charge is -1.87. The second kappa shape index (κ2) is 2.13. The standard InChI is InChI=1S/C6H2Br2N2/c7-4-5-3(1-2-9-5)10-6(4)8/h1-2H. The molecule has 0 spiro atoms. The van der Waals surface area contributed by atoms with Crippen molar-refractivity contribution in [1.82, 2.24) is 0 Å². The van der Waals surface area contributed by atoms with Crippen molar-refractivity contribution in [1.29, 1.82) is 0 Å². The Morgan fingerprint density at radius 3 is 2.80 bits per heavy atom. The van der Waals surface area contributed by atoms with Crippen molar-refractivity contribution in [3.05, 3.63) is 21.4 Å². The maximum absolute atomic E-state index is 4.18. The van der Waals surface area contributed by atoms with Crippen LogP contribution >= 0.6 is 31.9 Å². The normalized spacial score (nSPS) is 21.4. The van der Waals surface area contributed by atoms with Gasteiger partial charge in [0.15, 0.2) is 0 Å². The Morgan fingerprint density at radius 1 is 1.30 bits per heavy atom. The first-order valence-electron chi connectivity index (χ1n) is 2.68. The molecule has 0 aromatic carbocycles. The minimum atomic E-state index is 0.825. The van der Waals surface area contributed by atoms with Gasteiger partial charge in [-0.3, -0.25) is 4.99 Å². The number of fused-ring (bicyclic) bond motifs is 1. The summed E-state index contributed by atoms with van der Waals surface area (Å²) in [5, 5.41) is 0. The van der Waals surface area contributed by atoms with Crippen LogP contribution in [0.25, 0.3) is 0 Å². The third-order valence-electron chi connectivity index (χ3n) is 1.29. The highest BCUT2D eigenvalue weighted by Gasteiger charge is 2.22. The molecule has 2 rings (SSSR count). The summed E-state index contributed by atoms with van der Waals surface area (Å²) < 4.78 is 1.76. The number of nitrogens with zero attached hydrogens (tertiary/aromatic N) is 2. The predicted molar refractivity (Wildman–Crippen MR) is 48.9 cm³/mol. The quantitative estimate of drug-likeness (QED) is 0.599. The molecule has 0 N–H and O–H groups in total. The summed E-state index contributed by atoms with van der Waals surface area (Å²) in [5.41, 5.74) is 1.85. The smallest absolute Gasteiger partial charge is 0.123 e. The van der Waals surface area contributed by atoms with Gasteiger partial charge >= 0.3 is 0 Å². The first kappa shape index (κ1) is 6.49. The number of aliphatic imine (C=N–C) groups is 2. The Hall–Kier alpha value is -0.220. The van der Waals surface area contributed by atoms with Crippen LogP contribution in [0.2, 0.25) is 0 Å². The van der Waals surface area contributed by atoms with Crippen molar-refractivity contribution in [3.8, 4) is 0 Å².